The molecule has 1 amide bonds. The third-order valence-electron chi connectivity index (χ3n) is 4.36. The summed E-state index contributed by atoms with van der Waals surface area (Å²) >= 11 is 0. The van der Waals surface area contributed by atoms with E-state index in [0.717, 1.165) is 16.5 Å². The SMILES string of the molecule is COCC(=O)N(Cc1cc2cc(C)ccc2[nH]c1=O)c1ccc(OC)cc1. The van der Waals surface area contributed by atoms with Crippen LogP contribution in [-0.2, 0) is 16.1 Å². The fraction of sp³-hybridized carbons (Fsp3) is 0.238. The van der Waals surface area contributed by atoms with E-state index >= 15 is 0 Å². The number of H-pyrrole nitrogens is 1. The smallest absolute Gasteiger partial charge is 0.253 e. The summed E-state index contributed by atoms with van der Waals surface area (Å²) in [6, 6.07) is 14.8. The minimum Gasteiger partial charge on any atom is -0.497 e. The topological polar surface area (TPSA) is 71.6 Å². The Morgan fingerprint density at radius 1 is 1.07 bits per heavy atom. The van der Waals surface area contributed by atoms with Gasteiger partial charge in [0, 0.05) is 23.9 Å². The Morgan fingerprint density at radius 3 is 2.48 bits per heavy atom. The van der Waals surface area contributed by atoms with Crippen molar-refractivity contribution in [2.75, 3.05) is 25.7 Å². The van der Waals surface area contributed by atoms with Crippen molar-refractivity contribution in [3.05, 3.63) is 70.0 Å². The molecule has 0 aliphatic rings. The van der Waals surface area contributed by atoms with Crippen molar-refractivity contribution in [2.24, 2.45) is 0 Å². The molecule has 0 fully saturated rings. The molecule has 0 bridgehead atoms. The summed E-state index contributed by atoms with van der Waals surface area (Å²) in [5.41, 5.74) is 2.83. The Kier molecular flexibility index (Phi) is 5.57. The second kappa shape index (κ2) is 8.05. The Morgan fingerprint density at radius 2 is 1.81 bits per heavy atom. The maximum absolute atomic E-state index is 12.6. The van der Waals surface area contributed by atoms with Gasteiger partial charge in [-0.25, -0.2) is 0 Å². The van der Waals surface area contributed by atoms with E-state index in [1.165, 1.54) is 12.0 Å². The third kappa shape index (κ3) is 4.17. The summed E-state index contributed by atoms with van der Waals surface area (Å²) < 4.78 is 10.2. The Hall–Kier alpha value is -3.12. The van der Waals surface area contributed by atoms with Crippen molar-refractivity contribution in [2.45, 2.75) is 13.5 Å². The predicted octanol–water partition coefficient (Wildman–Crippen LogP) is 3.02. The lowest BCUT2D eigenvalue weighted by atomic mass is 10.1. The maximum Gasteiger partial charge on any atom is 0.253 e. The zero-order valence-corrected chi connectivity index (χ0v) is 15.6. The van der Waals surface area contributed by atoms with Gasteiger partial charge in [-0.1, -0.05) is 11.6 Å². The minimum atomic E-state index is -0.230. The van der Waals surface area contributed by atoms with Crippen LogP contribution >= 0.6 is 0 Å². The number of nitrogens with one attached hydrogen (secondary N) is 1. The fourth-order valence-corrected chi connectivity index (χ4v) is 2.95. The van der Waals surface area contributed by atoms with Crippen LogP contribution in [0.2, 0.25) is 0 Å². The minimum absolute atomic E-state index is 0.0728. The molecule has 0 radical (unpaired) electrons. The average molecular weight is 366 g/mol. The molecular weight excluding hydrogens is 344 g/mol. The first-order valence-electron chi connectivity index (χ1n) is 8.57. The van der Waals surface area contributed by atoms with Crippen LogP contribution in [0.15, 0.2) is 53.3 Å². The maximum atomic E-state index is 12.6. The van der Waals surface area contributed by atoms with Crippen LogP contribution in [0.1, 0.15) is 11.1 Å². The van der Waals surface area contributed by atoms with E-state index in [0.29, 0.717) is 17.0 Å². The number of hydrogen-bond donors (Lipinski definition) is 1. The van der Waals surface area contributed by atoms with E-state index in [9.17, 15) is 9.59 Å². The second-order valence-electron chi connectivity index (χ2n) is 6.33. The number of ether oxygens (including phenoxy) is 2. The highest BCUT2D eigenvalue weighted by molar-refractivity contribution is 5.94. The lowest BCUT2D eigenvalue weighted by molar-refractivity contribution is -0.122. The van der Waals surface area contributed by atoms with Crippen molar-refractivity contribution >= 4 is 22.5 Å². The van der Waals surface area contributed by atoms with Crippen molar-refractivity contribution in [3.8, 4) is 5.75 Å². The molecule has 140 valence electrons. The number of carbonyl (C=O) groups excluding carboxylic acids is 1. The predicted molar refractivity (Wildman–Crippen MR) is 105 cm³/mol. The van der Waals surface area contributed by atoms with Crippen molar-refractivity contribution in [1.29, 1.82) is 0 Å². The van der Waals surface area contributed by atoms with E-state index < -0.39 is 0 Å². The first kappa shape index (κ1) is 18.7. The van der Waals surface area contributed by atoms with Crippen LogP contribution in [0.25, 0.3) is 10.9 Å². The summed E-state index contributed by atoms with van der Waals surface area (Å²) in [5.74, 6) is 0.461. The zero-order chi connectivity index (χ0) is 19.4. The Labute approximate surface area is 157 Å². The van der Waals surface area contributed by atoms with Gasteiger partial charge in [0.25, 0.3) is 11.5 Å². The fourth-order valence-electron chi connectivity index (χ4n) is 2.95. The number of anilines is 1. The first-order chi connectivity index (χ1) is 13.0. The molecule has 6 nitrogen and oxygen atoms in total. The molecule has 27 heavy (non-hydrogen) atoms. The lowest BCUT2D eigenvalue weighted by Crippen LogP contribution is -2.35. The number of carbonyl (C=O) groups is 1. The largest absolute Gasteiger partial charge is 0.497 e. The van der Waals surface area contributed by atoms with E-state index in [2.05, 4.69) is 4.98 Å². The number of amides is 1. The number of aryl methyl sites for hydroxylation is 1. The molecule has 0 aliphatic carbocycles. The summed E-state index contributed by atoms with van der Waals surface area (Å²) in [7, 11) is 3.05. The van der Waals surface area contributed by atoms with Crippen LogP contribution < -0.4 is 15.2 Å². The van der Waals surface area contributed by atoms with Gasteiger partial charge in [-0.05, 0) is 54.8 Å². The third-order valence-corrected chi connectivity index (χ3v) is 4.36. The molecule has 0 spiro atoms. The summed E-state index contributed by atoms with van der Waals surface area (Å²) in [4.78, 5) is 29.5. The number of fused-ring (bicyclic) bond motifs is 1. The monoisotopic (exact) mass is 366 g/mol. The normalized spacial score (nSPS) is 10.8. The number of aromatic nitrogens is 1. The van der Waals surface area contributed by atoms with Crippen molar-refractivity contribution < 1.29 is 14.3 Å². The van der Waals surface area contributed by atoms with Gasteiger partial charge in [-0.3, -0.25) is 9.59 Å². The van der Waals surface area contributed by atoms with E-state index in [1.54, 1.807) is 31.4 Å². The first-order valence-corrected chi connectivity index (χ1v) is 8.57. The van der Waals surface area contributed by atoms with Crippen molar-refractivity contribution in [3.63, 3.8) is 0 Å². The van der Waals surface area contributed by atoms with Gasteiger partial charge in [0.1, 0.15) is 12.4 Å². The summed E-state index contributed by atoms with van der Waals surface area (Å²) in [6.45, 7) is 2.07. The van der Waals surface area contributed by atoms with E-state index in [1.807, 2.05) is 31.2 Å². The molecule has 1 N–H and O–H groups in total. The molecule has 0 saturated carbocycles. The average Bonchev–Trinajstić information content (AvgIpc) is 2.67. The van der Waals surface area contributed by atoms with Crippen LogP contribution in [0.3, 0.4) is 0 Å². The van der Waals surface area contributed by atoms with Gasteiger partial charge in [-0.2, -0.15) is 0 Å². The van der Waals surface area contributed by atoms with Crippen LogP contribution in [-0.4, -0.2) is 31.7 Å². The molecule has 0 unspecified atom stereocenters. The Bertz CT molecular complexity index is 1010. The quantitative estimate of drug-likeness (QED) is 0.728. The molecule has 0 aliphatic heterocycles. The number of benzene rings is 2. The highest BCUT2D eigenvalue weighted by Gasteiger charge is 2.18. The highest BCUT2D eigenvalue weighted by Crippen LogP contribution is 2.22. The molecule has 0 saturated heterocycles. The molecule has 1 heterocycles. The standard InChI is InChI=1S/C21H22N2O4/c1-14-4-9-19-15(10-14)11-16(21(25)22-19)12-23(20(24)13-26-2)17-5-7-18(27-3)8-6-17/h4-11H,12-13H2,1-3H3,(H,22,25). The summed E-state index contributed by atoms with van der Waals surface area (Å²) in [5, 5.41) is 0.929. The molecule has 3 rings (SSSR count). The van der Waals surface area contributed by atoms with E-state index in [-0.39, 0.29) is 24.6 Å². The molecule has 0 atom stereocenters. The van der Waals surface area contributed by atoms with Gasteiger partial charge in [0.05, 0.1) is 13.7 Å². The van der Waals surface area contributed by atoms with Crippen LogP contribution in [0, 0.1) is 6.92 Å². The van der Waals surface area contributed by atoms with Gasteiger partial charge in [0.15, 0.2) is 0 Å². The number of pyridine rings is 1. The molecule has 2 aromatic carbocycles. The number of aromatic amines is 1. The number of methoxy groups -OCH3 is 2. The van der Waals surface area contributed by atoms with Gasteiger partial charge >= 0.3 is 0 Å². The second-order valence-corrected chi connectivity index (χ2v) is 6.33. The molecule has 6 heteroatoms. The summed E-state index contributed by atoms with van der Waals surface area (Å²) in [6.07, 6.45) is 0. The number of rotatable bonds is 6. The van der Waals surface area contributed by atoms with Crippen molar-refractivity contribution in [1.82, 2.24) is 4.98 Å². The van der Waals surface area contributed by atoms with Crippen LogP contribution in [0.4, 0.5) is 5.69 Å². The molecule has 1 aromatic heterocycles. The van der Waals surface area contributed by atoms with Gasteiger partial charge in [-0.15, -0.1) is 0 Å². The highest BCUT2D eigenvalue weighted by atomic mass is 16.5. The van der Waals surface area contributed by atoms with E-state index in [4.69, 9.17) is 9.47 Å². The molecular formula is C21H22N2O4. The zero-order valence-electron chi connectivity index (χ0n) is 15.6. The molecule has 3 aromatic rings. The number of nitrogens with zero attached hydrogens (tertiary/aromatic N) is 1. The van der Waals surface area contributed by atoms with Gasteiger partial charge in [0.2, 0.25) is 0 Å². The Balaban J connectivity index is 2.00. The lowest BCUT2D eigenvalue weighted by Gasteiger charge is -2.23. The van der Waals surface area contributed by atoms with Gasteiger partial charge < -0.3 is 19.4 Å². The van der Waals surface area contributed by atoms with Crippen LogP contribution in [0.5, 0.6) is 5.75 Å². The number of hydrogen-bond acceptors (Lipinski definition) is 4.